The number of nitrogens with zero attached hydrogens (tertiary/aromatic N) is 3. The smallest absolute Gasteiger partial charge is 0.266 e. The lowest BCUT2D eigenvalue weighted by Crippen LogP contribution is -2.53. The Kier molecular flexibility index (Phi) is 5.17. The van der Waals surface area contributed by atoms with Gasteiger partial charge < -0.3 is 4.90 Å². The molecule has 1 aliphatic rings. The number of amides is 2. The number of thiocarbonyl (C=S) groups is 1. The summed E-state index contributed by atoms with van der Waals surface area (Å²) in [6.07, 6.45) is 4.80. The fraction of sp³-hybridized carbons (Fsp3) is 0.286. The van der Waals surface area contributed by atoms with E-state index >= 15 is 0 Å². The molecule has 2 amide bonds. The minimum Gasteiger partial charge on any atom is -0.304 e. The number of nitrogens with one attached hydrogen (secondary N) is 1. The molecule has 1 aromatic rings. The molecule has 8 heteroatoms. The number of hydrogen-bond acceptors (Lipinski definition) is 6. The molecule has 0 spiro atoms. The monoisotopic (exact) mass is 336 g/mol. The average molecular weight is 336 g/mol. The van der Waals surface area contributed by atoms with Crippen LogP contribution in [0.4, 0.5) is 0 Å². The fourth-order valence-electron chi connectivity index (χ4n) is 1.89. The fourth-order valence-corrected chi connectivity index (χ4v) is 3.12. The van der Waals surface area contributed by atoms with Crippen molar-refractivity contribution in [3.05, 3.63) is 34.3 Å². The Morgan fingerprint density at radius 1 is 1.50 bits per heavy atom. The van der Waals surface area contributed by atoms with E-state index in [1.807, 2.05) is 19.0 Å². The molecule has 0 unspecified atom stereocenters. The first kappa shape index (κ1) is 16.5. The second-order valence-corrected chi connectivity index (χ2v) is 6.46. The van der Waals surface area contributed by atoms with Crippen LogP contribution in [-0.2, 0) is 16.1 Å². The van der Waals surface area contributed by atoms with E-state index in [0.717, 1.165) is 11.4 Å². The molecule has 0 atom stereocenters. The molecule has 1 fully saturated rings. The maximum Gasteiger partial charge on any atom is 0.266 e. The molecule has 0 bridgehead atoms. The molecular weight excluding hydrogens is 320 g/mol. The number of hydrogen-bond donors (Lipinski definition) is 1. The van der Waals surface area contributed by atoms with Crippen molar-refractivity contribution in [2.45, 2.75) is 6.54 Å². The van der Waals surface area contributed by atoms with E-state index in [4.69, 9.17) is 12.2 Å². The van der Waals surface area contributed by atoms with E-state index in [1.165, 1.54) is 22.3 Å². The largest absolute Gasteiger partial charge is 0.304 e. The molecule has 1 N–H and O–H groups in total. The van der Waals surface area contributed by atoms with E-state index in [-0.39, 0.29) is 17.2 Å². The lowest BCUT2D eigenvalue weighted by atomic mass is 10.1. The van der Waals surface area contributed by atoms with E-state index in [9.17, 15) is 9.59 Å². The first-order chi connectivity index (χ1) is 10.4. The quantitative estimate of drug-likeness (QED) is 0.376. The summed E-state index contributed by atoms with van der Waals surface area (Å²) in [7, 11) is 3.92. The van der Waals surface area contributed by atoms with Crippen molar-refractivity contribution in [3.8, 4) is 0 Å². The third kappa shape index (κ3) is 3.65. The lowest BCUT2D eigenvalue weighted by Gasteiger charge is -2.27. The molecule has 2 rings (SSSR count). The van der Waals surface area contributed by atoms with Gasteiger partial charge in [0.15, 0.2) is 5.11 Å². The Morgan fingerprint density at radius 3 is 2.86 bits per heavy atom. The molecular formula is C14H16N4O2S2. The summed E-state index contributed by atoms with van der Waals surface area (Å²) < 4.78 is 0. The van der Waals surface area contributed by atoms with Crippen molar-refractivity contribution < 1.29 is 9.59 Å². The summed E-state index contributed by atoms with van der Waals surface area (Å²) >= 11 is 6.44. The molecule has 2 heterocycles. The normalized spacial score (nSPS) is 17.3. The number of aromatic nitrogens is 1. The van der Waals surface area contributed by atoms with Crippen LogP contribution < -0.4 is 5.32 Å². The Hall–Kier alpha value is -1.90. The first-order valence-electron chi connectivity index (χ1n) is 6.51. The maximum atomic E-state index is 12.4. The van der Waals surface area contributed by atoms with Gasteiger partial charge in [0, 0.05) is 24.2 Å². The Bertz CT molecular complexity index is 664. The van der Waals surface area contributed by atoms with Gasteiger partial charge in [0.2, 0.25) is 0 Å². The van der Waals surface area contributed by atoms with Crippen LogP contribution in [0.25, 0.3) is 6.08 Å². The summed E-state index contributed by atoms with van der Waals surface area (Å²) in [5, 5.41) is 3.21. The second-order valence-electron chi connectivity index (χ2n) is 4.92. The number of thiazole rings is 1. The van der Waals surface area contributed by atoms with E-state index < -0.39 is 11.8 Å². The zero-order valence-corrected chi connectivity index (χ0v) is 14.0. The zero-order chi connectivity index (χ0) is 16.3. The van der Waals surface area contributed by atoms with Gasteiger partial charge in [-0.3, -0.25) is 19.8 Å². The van der Waals surface area contributed by atoms with E-state index in [0.29, 0.717) is 5.01 Å². The number of carbonyl (C=O) groups excluding carboxylic acids is 2. The highest BCUT2D eigenvalue weighted by Crippen LogP contribution is 2.19. The maximum absolute atomic E-state index is 12.4. The molecule has 0 saturated carbocycles. The van der Waals surface area contributed by atoms with Gasteiger partial charge in [-0.25, -0.2) is 4.98 Å². The van der Waals surface area contributed by atoms with Crippen molar-refractivity contribution in [3.63, 3.8) is 0 Å². The highest BCUT2D eigenvalue weighted by atomic mass is 32.1. The minimum absolute atomic E-state index is 0.0289. The van der Waals surface area contributed by atoms with Gasteiger partial charge >= 0.3 is 0 Å². The van der Waals surface area contributed by atoms with E-state index in [2.05, 4.69) is 16.9 Å². The van der Waals surface area contributed by atoms with Gasteiger partial charge in [-0.1, -0.05) is 6.08 Å². The zero-order valence-electron chi connectivity index (χ0n) is 12.3. The Labute approximate surface area is 138 Å². The van der Waals surface area contributed by atoms with E-state index in [1.54, 1.807) is 12.3 Å². The summed E-state index contributed by atoms with van der Waals surface area (Å²) in [5.41, 5.74) is 0.0289. The Balaban J connectivity index is 2.26. The first-order valence-corrected chi connectivity index (χ1v) is 7.74. The molecule has 1 aromatic heterocycles. The minimum atomic E-state index is -0.500. The number of rotatable bonds is 5. The summed E-state index contributed by atoms with van der Waals surface area (Å²) in [6, 6.07) is 0. The van der Waals surface area contributed by atoms with Crippen LogP contribution in [-0.4, -0.2) is 52.4 Å². The van der Waals surface area contributed by atoms with Gasteiger partial charge in [0.05, 0.1) is 0 Å². The van der Waals surface area contributed by atoms with Gasteiger partial charge in [0.25, 0.3) is 11.8 Å². The molecule has 116 valence electrons. The molecule has 22 heavy (non-hydrogen) atoms. The predicted molar refractivity (Wildman–Crippen MR) is 90.1 cm³/mol. The summed E-state index contributed by atoms with van der Waals surface area (Å²) in [5.74, 6) is -0.933. The van der Waals surface area contributed by atoms with Crippen LogP contribution in [0.5, 0.6) is 0 Å². The lowest BCUT2D eigenvalue weighted by molar-refractivity contribution is -0.128. The van der Waals surface area contributed by atoms with Crippen LogP contribution in [0.1, 0.15) is 9.88 Å². The topological polar surface area (TPSA) is 65.5 Å². The van der Waals surface area contributed by atoms with Crippen LogP contribution in [0.15, 0.2) is 24.4 Å². The van der Waals surface area contributed by atoms with Gasteiger partial charge in [-0.15, -0.1) is 17.9 Å². The third-order valence-corrected chi connectivity index (χ3v) is 4.06. The highest BCUT2D eigenvalue weighted by molar-refractivity contribution is 7.80. The van der Waals surface area contributed by atoms with Gasteiger partial charge in [-0.05, 0) is 32.4 Å². The van der Waals surface area contributed by atoms with Gasteiger partial charge in [0.1, 0.15) is 10.6 Å². The van der Waals surface area contributed by atoms with Crippen LogP contribution >= 0.6 is 23.6 Å². The van der Waals surface area contributed by atoms with Gasteiger partial charge in [-0.2, -0.15) is 0 Å². The van der Waals surface area contributed by atoms with Crippen molar-refractivity contribution in [1.29, 1.82) is 0 Å². The van der Waals surface area contributed by atoms with Crippen LogP contribution in [0.2, 0.25) is 0 Å². The third-order valence-electron chi connectivity index (χ3n) is 2.81. The van der Waals surface area contributed by atoms with Crippen LogP contribution in [0, 0.1) is 0 Å². The molecule has 6 nitrogen and oxygen atoms in total. The van der Waals surface area contributed by atoms with Crippen molar-refractivity contribution in [1.82, 2.24) is 20.1 Å². The molecule has 0 aliphatic carbocycles. The van der Waals surface area contributed by atoms with Crippen molar-refractivity contribution in [2.75, 3.05) is 20.6 Å². The SMILES string of the molecule is C=CCN1C(=O)/C(=C/c2ncc(CN(C)C)s2)C(=O)NC1=S. The predicted octanol–water partition coefficient (Wildman–Crippen LogP) is 1.02. The van der Waals surface area contributed by atoms with Crippen molar-refractivity contribution >= 4 is 46.6 Å². The Morgan fingerprint density at radius 2 is 2.23 bits per heavy atom. The molecule has 1 aliphatic heterocycles. The molecule has 0 aromatic carbocycles. The standard InChI is InChI=1S/C14H16N4O2S2/c1-4-5-18-13(20)10(12(19)16-14(18)21)6-11-15-7-9(22-11)8-17(2)3/h4,6-7H,1,5,8H2,2-3H3,(H,16,19,21)/b10-6+. The summed E-state index contributed by atoms with van der Waals surface area (Å²) in [6.45, 7) is 4.59. The number of carbonyl (C=O) groups is 2. The van der Waals surface area contributed by atoms with Crippen LogP contribution in [0.3, 0.4) is 0 Å². The highest BCUT2D eigenvalue weighted by Gasteiger charge is 2.32. The van der Waals surface area contributed by atoms with Crippen molar-refractivity contribution in [2.24, 2.45) is 0 Å². The molecule has 0 radical (unpaired) electrons. The average Bonchev–Trinajstić information content (AvgIpc) is 2.86. The molecule has 1 saturated heterocycles. The second kappa shape index (κ2) is 6.91. The summed E-state index contributed by atoms with van der Waals surface area (Å²) in [4.78, 5) is 32.9.